The number of benzene rings is 1. The number of nitrogens with two attached hydrogens (primary N) is 1. The number of carbonyl (C=O) groups is 1. The van der Waals surface area contributed by atoms with Gasteiger partial charge in [0.1, 0.15) is 0 Å². The molecular weight excluding hydrogens is 236 g/mol. The molecule has 17 heavy (non-hydrogen) atoms. The van der Waals surface area contributed by atoms with Crippen molar-refractivity contribution in [3.05, 3.63) is 28.8 Å². The maximum Gasteiger partial charge on any atom is 0.251 e. The molecule has 1 amide bonds. The summed E-state index contributed by atoms with van der Waals surface area (Å²) in [5, 5.41) is 3.35. The first-order valence-corrected chi connectivity index (χ1v) is 6.14. The van der Waals surface area contributed by atoms with E-state index in [1.807, 2.05) is 6.92 Å². The van der Waals surface area contributed by atoms with Gasteiger partial charge in [0.15, 0.2) is 0 Å². The van der Waals surface area contributed by atoms with E-state index in [4.69, 9.17) is 17.3 Å². The molecule has 1 unspecified atom stereocenters. The van der Waals surface area contributed by atoms with Crippen molar-refractivity contribution >= 4 is 23.2 Å². The smallest absolute Gasteiger partial charge is 0.251 e. The van der Waals surface area contributed by atoms with E-state index in [0.717, 1.165) is 6.42 Å². The fourth-order valence-corrected chi connectivity index (χ4v) is 1.92. The highest BCUT2D eigenvalue weighted by Gasteiger charge is 2.11. The van der Waals surface area contributed by atoms with Crippen LogP contribution in [0, 0.1) is 5.92 Å². The molecule has 0 fully saturated rings. The van der Waals surface area contributed by atoms with Crippen LogP contribution in [0.5, 0.6) is 0 Å². The summed E-state index contributed by atoms with van der Waals surface area (Å²) in [6, 6.07) is 5.07. The molecule has 0 radical (unpaired) electrons. The van der Waals surface area contributed by atoms with Gasteiger partial charge in [-0.3, -0.25) is 4.79 Å². The quantitative estimate of drug-likeness (QED) is 0.812. The van der Waals surface area contributed by atoms with Crippen molar-refractivity contribution in [3.8, 4) is 0 Å². The molecule has 0 saturated heterocycles. The SMILES string of the molecule is CC(C)CC(C)NC(=O)c1ccc(N)c(Cl)c1. The monoisotopic (exact) mass is 254 g/mol. The lowest BCUT2D eigenvalue weighted by atomic mass is 10.0. The molecule has 94 valence electrons. The lowest BCUT2D eigenvalue weighted by Crippen LogP contribution is -2.33. The van der Waals surface area contributed by atoms with Gasteiger partial charge in [-0.15, -0.1) is 0 Å². The second-order valence-electron chi connectivity index (χ2n) is 4.74. The number of anilines is 1. The number of rotatable bonds is 4. The normalized spacial score (nSPS) is 12.5. The van der Waals surface area contributed by atoms with Gasteiger partial charge >= 0.3 is 0 Å². The average molecular weight is 255 g/mol. The van der Waals surface area contributed by atoms with Gasteiger partial charge in [0.05, 0.1) is 10.7 Å². The molecule has 0 heterocycles. The first-order chi connectivity index (χ1) is 7.90. The first kappa shape index (κ1) is 13.8. The molecule has 4 heteroatoms. The molecule has 1 atom stereocenters. The van der Waals surface area contributed by atoms with Crippen molar-refractivity contribution < 1.29 is 4.79 Å². The molecule has 0 aromatic heterocycles. The third-order valence-electron chi connectivity index (χ3n) is 2.47. The summed E-state index contributed by atoms with van der Waals surface area (Å²) in [6.07, 6.45) is 0.953. The summed E-state index contributed by atoms with van der Waals surface area (Å²) < 4.78 is 0. The molecular formula is C13H19ClN2O. The summed E-state index contributed by atoms with van der Waals surface area (Å²) in [5.41, 5.74) is 6.62. The van der Waals surface area contributed by atoms with Crippen LogP contribution in [0.1, 0.15) is 37.6 Å². The van der Waals surface area contributed by atoms with Gasteiger partial charge < -0.3 is 11.1 Å². The standard InChI is InChI=1S/C13H19ClN2O/c1-8(2)6-9(3)16-13(17)10-4-5-12(15)11(14)7-10/h4-5,7-9H,6,15H2,1-3H3,(H,16,17). The lowest BCUT2D eigenvalue weighted by molar-refractivity contribution is 0.0936. The first-order valence-electron chi connectivity index (χ1n) is 5.76. The van der Waals surface area contributed by atoms with E-state index < -0.39 is 0 Å². The van der Waals surface area contributed by atoms with Crippen LogP contribution < -0.4 is 11.1 Å². The van der Waals surface area contributed by atoms with Crippen LogP contribution in [0.3, 0.4) is 0 Å². The zero-order valence-corrected chi connectivity index (χ0v) is 11.2. The van der Waals surface area contributed by atoms with Crippen molar-refractivity contribution in [3.63, 3.8) is 0 Å². The highest BCUT2D eigenvalue weighted by Crippen LogP contribution is 2.19. The Labute approximate surface area is 107 Å². The van der Waals surface area contributed by atoms with Gasteiger partial charge in [0, 0.05) is 11.6 Å². The molecule has 0 bridgehead atoms. The molecule has 1 aromatic carbocycles. The third kappa shape index (κ3) is 4.27. The maximum absolute atomic E-state index is 11.9. The molecule has 3 N–H and O–H groups in total. The van der Waals surface area contributed by atoms with E-state index in [1.165, 1.54) is 0 Å². The predicted octanol–water partition coefficient (Wildman–Crippen LogP) is 3.09. The second kappa shape index (κ2) is 5.92. The Morgan fingerprint density at radius 3 is 2.59 bits per heavy atom. The minimum atomic E-state index is -0.111. The van der Waals surface area contributed by atoms with Crippen LogP contribution in [0.2, 0.25) is 5.02 Å². The van der Waals surface area contributed by atoms with Crippen LogP contribution in [-0.2, 0) is 0 Å². The Balaban J connectivity index is 2.66. The molecule has 0 spiro atoms. The second-order valence-corrected chi connectivity index (χ2v) is 5.15. The number of hydrogen-bond donors (Lipinski definition) is 2. The number of nitrogens with one attached hydrogen (secondary N) is 1. The number of halogens is 1. The Bertz CT molecular complexity index is 404. The van der Waals surface area contributed by atoms with Crippen LogP contribution >= 0.6 is 11.6 Å². The fourth-order valence-electron chi connectivity index (χ4n) is 1.74. The summed E-state index contributed by atoms with van der Waals surface area (Å²) >= 11 is 5.87. The molecule has 1 rings (SSSR count). The van der Waals surface area contributed by atoms with Gasteiger partial charge in [-0.25, -0.2) is 0 Å². The minimum absolute atomic E-state index is 0.111. The van der Waals surface area contributed by atoms with Crippen LogP contribution in [0.25, 0.3) is 0 Å². The number of hydrogen-bond acceptors (Lipinski definition) is 2. The third-order valence-corrected chi connectivity index (χ3v) is 2.79. The summed E-state index contributed by atoms with van der Waals surface area (Å²) in [4.78, 5) is 11.9. The van der Waals surface area contributed by atoms with Crippen molar-refractivity contribution in [2.45, 2.75) is 33.2 Å². The Morgan fingerprint density at radius 1 is 1.41 bits per heavy atom. The molecule has 3 nitrogen and oxygen atoms in total. The van der Waals surface area contributed by atoms with Crippen molar-refractivity contribution in [2.75, 3.05) is 5.73 Å². The van der Waals surface area contributed by atoms with E-state index in [0.29, 0.717) is 22.2 Å². The summed E-state index contributed by atoms with van der Waals surface area (Å²) in [6.45, 7) is 6.25. The van der Waals surface area contributed by atoms with E-state index in [1.54, 1.807) is 18.2 Å². The van der Waals surface area contributed by atoms with E-state index in [-0.39, 0.29) is 11.9 Å². The summed E-state index contributed by atoms with van der Waals surface area (Å²) in [7, 11) is 0. The van der Waals surface area contributed by atoms with Crippen molar-refractivity contribution in [1.29, 1.82) is 0 Å². The Kier molecular flexibility index (Phi) is 4.82. The Morgan fingerprint density at radius 2 is 2.06 bits per heavy atom. The zero-order valence-electron chi connectivity index (χ0n) is 10.5. The fraction of sp³-hybridized carbons (Fsp3) is 0.462. The van der Waals surface area contributed by atoms with E-state index >= 15 is 0 Å². The van der Waals surface area contributed by atoms with Gasteiger partial charge in [-0.2, -0.15) is 0 Å². The lowest BCUT2D eigenvalue weighted by Gasteiger charge is -2.16. The molecule has 0 saturated carbocycles. The highest BCUT2D eigenvalue weighted by molar-refractivity contribution is 6.33. The Hall–Kier alpha value is -1.22. The maximum atomic E-state index is 11.9. The summed E-state index contributed by atoms with van der Waals surface area (Å²) in [5.74, 6) is 0.445. The molecule has 0 aliphatic heterocycles. The molecule has 1 aromatic rings. The van der Waals surface area contributed by atoms with Gasteiger partial charge in [-0.05, 0) is 37.5 Å². The van der Waals surface area contributed by atoms with Gasteiger partial charge in [-0.1, -0.05) is 25.4 Å². The topological polar surface area (TPSA) is 55.1 Å². The highest BCUT2D eigenvalue weighted by atomic mass is 35.5. The molecule has 0 aliphatic rings. The average Bonchev–Trinajstić information content (AvgIpc) is 2.20. The van der Waals surface area contributed by atoms with Crippen molar-refractivity contribution in [2.24, 2.45) is 5.92 Å². The van der Waals surface area contributed by atoms with E-state index in [9.17, 15) is 4.79 Å². The van der Waals surface area contributed by atoms with Gasteiger partial charge in [0.25, 0.3) is 5.91 Å². The van der Waals surface area contributed by atoms with Crippen LogP contribution in [0.4, 0.5) is 5.69 Å². The predicted molar refractivity (Wildman–Crippen MR) is 72.2 cm³/mol. The van der Waals surface area contributed by atoms with Crippen molar-refractivity contribution in [1.82, 2.24) is 5.32 Å². The van der Waals surface area contributed by atoms with Crippen LogP contribution in [-0.4, -0.2) is 11.9 Å². The van der Waals surface area contributed by atoms with Gasteiger partial charge in [0.2, 0.25) is 0 Å². The molecule has 0 aliphatic carbocycles. The minimum Gasteiger partial charge on any atom is -0.398 e. The zero-order chi connectivity index (χ0) is 13.0. The van der Waals surface area contributed by atoms with E-state index in [2.05, 4.69) is 19.2 Å². The van der Waals surface area contributed by atoms with Crippen LogP contribution in [0.15, 0.2) is 18.2 Å². The number of carbonyl (C=O) groups excluding carboxylic acids is 1. The number of nitrogen functional groups attached to an aromatic ring is 1. The largest absolute Gasteiger partial charge is 0.398 e. The number of amides is 1.